The molecule has 0 aliphatic heterocycles. The average molecular weight is 927 g/mol. The molecule has 2 aromatic heterocycles. The fourth-order valence-corrected chi connectivity index (χ4v) is 7.51. The molecule has 0 radical (unpaired) electrons. The van der Waals surface area contributed by atoms with E-state index < -0.39 is 61.0 Å². The van der Waals surface area contributed by atoms with Crippen molar-refractivity contribution >= 4 is 85.5 Å². The van der Waals surface area contributed by atoms with Gasteiger partial charge in [0, 0.05) is 38.3 Å². The average Bonchev–Trinajstić information content (AvgIpc) is 3.22. The molecule has 0 fully saturated rings. The molecule has 6 aromatic rings. The van der Waals surface area contributed by atoms with Gasteiger partial charge in [0.1, 0.15) is 34.5 Å². The maximum Gasteiger partial charge on any atom is 0.335 e. The van der Waals surface area contributed by atoms with Gasteiger partial charge >= 0.3 is 17.9 Å². The number of para-hydroxylation sites is 1. The summed E-state index contributed by atoms with van der Waals surface area (Å²) < 4.78 is 71.3. The van der Waals surface area contributed by atoms with Crippen LogP contribution in [0.15, 0.2) is 101 Å². The van der Waals surface area contributed by atoms with Crippen molar-refractivity contribution in [2.24, 2.45) is 0 Å². The van der Waals surface area contributed by atoms with Crippen LogP contribution in [0.25, 0.3) is 12.2 Å². The van der Waals surface area contributed by atoms with E-state index in [1.165, 1.54) is 48.6 Å². The van der Waals surface area contributed by atoms with Crippen LogP contribution < -0.4 is 20.4 Å². The number of carbonyl (C=O) groups is 3. The molecular formula is C41H38N10O12S2. The molecule has 24 heteroatoms. The van der Waals surface area contributed by atoms with Crippen molar-refractivity contribution < 1.29 is 55.6 Å². The summed E-state index contributed by atoms with van der Waals surface area (Å²) in [6, 6.07) is 22.5. The zero-order chi connectivity index (χ0) is 47.1. The number of aromatic nitrogens is 6. The topological polar surface area (TPSA) is 329 Å². The first-order valence-electron chi connectivity index (χ1n) is 18.9. The first-order valence-corrected chi connectivity index (χ1v) is 21.8. The summed E-state index contributed by atoms with van der Waals surface area (Å²) >= 11 is 0. The van der Waals surface area contributed by atoms with Crippen LogP contribution in [0.5, 0.6) is 0 Å². The minimum Gasteiger partial charge on any atom is -0.480 e. The van der Waals surface area contributed by atoms with Crippen molar-refractivity contribution in [2.75, 3.05) is 47.6 Å². The van der Waals surface area contributed by atoms with Crippen LogP contribution in [0.3, 0.4) is 0 Å². The summed E-state index contributed by atoms with van der Waals surface area (Å²) in [5, 5.41) is 34.0. The predicted octanol–water partition coefficient (Wildman–Crippen LogP) is 4.13. The maximum atomic E-state index is 12.7. The highest BCUT2D eigenvalue weighted by atomic mass is 32.2. The lowest BCUT2D eigenvalue weighted by molar-refractivity contribution is -0.136. The lowest BCUT2D eigenvalue weighted by atomic mass is 10.1. The van der Waals surface area contributed by atoms with Crippen molar-refractivity contribution in [2.45, 2.75) is 22.6 Å². The molecule has 4 aromatic carbocycles. The van der Waals surface area contributed by atoms with Gasteiger partial charge in [0.25, 0.3) is 20.2 Å². The minimum absolute atomic E-state index is 0.0123. The molecule has 7 N–H and O–H groups in total. The molecule has 0 aliphatic carbocycles. The first kappa shape index (κ1) is 46.6. The molecule has 22 nitrogen and oxygen atoms in total. The van der Waals surface area contributed by atoms with E-state index in [1.807, 2.05) is 0 Å². The Morgan fingerprint density at radius 3 is 1.62 bits per heavy atom. The molecule has 0 amide bonds. The molecule has 2 heterocycles. The Morgan fingerprint density at radius 1 is 0.585 bits per heavy atom. The van der Waals surface area contributed by atoms with Gasteiger partial charge in [-0.15, -0.1) is 0 Å². The van der Waals surface area contributed by atoms with E-state index in [-0.39, 0.29) is 70.4 Å². The van der Waals surface area contributed by atoms with Crippen LogP contribution in [-0.2, 0) is 42.7 Å². The second kappa shape index (κ2) is 19.6. The third-order valence-corrected chi connectivity index (χ3v) is 10.8. The van der Waals surface area contributed by atoms with E-state index in [4.69, 9.17) is 0 Å². The molecule has 6 rings (SSSR count). The fraction of sp³-hybridized carbons (Fsp3) is 0.146. The largest absolute Gasteiger partial charge is 0.480 e. The van der Waals surface area contributed by atoms with Gasteiger partial charge in [0.15, 0.2) is 0 Å². The van der Waals surface area contributed by atoms with Crippen molar-refractivity contribution in [3.05, 3.63) is 130 Å². The molecular weight excluding hydrogens is 889 g/mol. The normalized spacial score (nSPS) is 11.6. The van der Waals surface area contributed by atoms with Crippen molar-refractivity contribution in [1.82, 2.24) is 29.9 Å². The minimum atomic E-state index is -4.95. The summed E-state index contributed by atoms with van der Waals surface area (Å²) in [6.45, 7) is -1.56. The molecule has 336 valence electrons. The van der Waals surface area contributed by atoms with E-state index in [2.05, 4.69) is 40.5 Å². The quantitative estimate of drug-likeness (QED) is 0.0443. The number of nitrogens with zero attached hydrogens (tertiary/aromatic N) is 8. The third-order valence-electron chi connectivity index (χ3n) is 8.98. The fourth-order valence-electron chi connectivity index (χ4n) is 6.06. The van der Waals surface area contributed by atoms with Crippen LogP contribution in [0.2, 0.25) is 0 Å². The van der Waals surface area contributed by atoms with Gasteiger partial charge in [0.2, 0.25) is 23.8 Å². The molecule has 0 saturated heterocycles. The number of benzene rings is 4. The molecule has 0 bridgehead atoms. The Balaban J connectivity index is 1.30. The lowest BCUT2D eigenvalue weighted by Crippen LogP contribution is -2.36. The van der Waals surface area contributed by atoms with E-state index in [0.29, 0.717) is 17.1 Å². The maximum absolute atomic E-state index is 12.7. The van der Waals surface area contributed by atoms with Gasteiger partial charge in [0.05, 0.1) is 5.56 Å². The highest BCUT2D eigenvalue weighted by Crippen LogP contribution is 2.28. The summed E-state index contributed by atoms with van der Waals surface area (Å²) in [4.78, 5) is 61.9. The Bertz CT molecular complexity index is 3010. The second-order valence-electron chi connectivity index (χ2n) is 14.2. The molecule has 65 heavy (non-hydrogen) atoms. The number of aliphatic carboxylic acids is 2. The zero-order valence-corrected chi connectivity index (χ0v) is 35.8. The number of carboxylic acid groups (broad SMARTS) is 3. The Morgan fingerprint density at radius 2 is 1.08 bits per heavy atom. The van der Waals surface area contributed by atoms with E-state index in [0.717, 1.165) is 17.0 Å². The van der Waals surface area contributed by atoms with Crippen molar-refractivity contribution in [3.63, 3.8) is 0 Å². The number of rotatable bonds is 19. The Kier molecular flexibility index (Phi) is 14.1. The van der Waals surface area contributed by atoms with Crippen LogP contribution in [0.4, 0.5) is 35.2 Å². The standard InChI is InChI=1S/C41H38N10O12S2/c1-50(2)40-46-33(19-24-8-12-28(13-9-24)37(56)57)44-39(48-40)43-30-17-16-27(32(21-30)65(61,62)63)15-14-26-11-10-25(18-31(26)64(58,59)60)20-34-45-38(42-29-6-4-3-5-7-29)49-41(47-34)51(22-35(52)53)23-36(54)55/h3-18,21H,19-20,22-23H2,1-2H3,(H,52,53)(H,54,55)(H,56,57)(H,58,59,60)(H,61,62,63)(H,42,45,47,49)(H,43,44,46,48)/b15-14+. The number of hydrogen-bond acceptors (Lipinski definition) is 17. The molecule has 0 aliphatic rings. The number of aromatic carboxylic acids is 1. The van der Waals surface area contributed by atoms with Gasteiger partial charge in [-0.1, -0.05) is 60.7 Å². The Labute approximate surface area is 370 Å². The number of nitrogens with one attached hydrogen (secondary N) is 2. The highest BCUT2D eigenvalue weighted by Gasteiger charge is 2.22. The summed E-state index contributed by atoms with van der Waals surface area (Å²) in [5.41, 5.74) is 1.52. The third kappa shape index (κ3) is 12.8. The van der Waals surface area contributed by atoms with Gasteiger partial charge in [-0.3, -0.25) is 18.7 Å². The van der Waals surface area contributed by atoms with Crippen LogP contribution >= 0.6 is 0 Å². The SMILES string of the molecule is CN(C)c1nc(Cc2ccc(C(=O)O)cc2)nc(Nc2ccc(/C=C/c3ccc(Cc4nc(Nc5ccccc5)nc(N(CC(=O)O)CC(=O)O)n4)cc3S(=O)(=O)O)c(S(=O)(=O)O)c2)n1. The first-order chi connectivity index (χ1) is 30.7. The number of hydrogen-bond donors (Lipinski definition) is 7. The van der Waals surface area contributed by atoms with Crippen LogP contribution in [-0.4, -0.2) is 116 Å². The van der Waals surface area contributed by atoms with Crippen molar-refractivity contribution in [1.29, 1.82) is 0 Å². The van der Waals surface area contributed by atoms with E-state index >= 15 is 0 Å². The monoisotopic (exact) mass is 926 g/mol. The highest BCUT2D eigenvalue weighted by molar-refractivity contribution is 7.86. The summed E-state index contributed by atoms with van der Waals surface area (Å²) in [5.74, 6) is -3.68. The molecule has 0 unspecified atom stereocenters. The smallest absolute Gasteiger partial charge is 0.335 e. The van der Waals surface area contributed by atoms with Gasteiger partial charge < -0.3 is 35.8 Å². The Hall–Kier alpha value is -7.93. The van der Waals surface area contributed by atoms with Crippen LogP contribution in [0, 0.1) is 0 Å². The number of carboxylic acids is 3. The number of anilines is 6. The van der Waals surface area contributed by atoms with E-state index in [9.17, 15) is 55.6 Å². The van der Waals surface area contributed by atoms with Crippen LogP contribution in [0.1, 0.15) is 44.3 Å². The molecule has 0 saturated carbocycles. The summed E-state index contributed by atoms with van der Waals surface area (Å²) in [6.07, 6.45) is 2.38. The molecule has 0 spiro atoms. The van der Waals surface area contributed by atoms with Gasteiger partial charge in [-0.2, -0.15) is 46.7 Å². The zero-order valence-electron chi connectivity index (χ0n) is 34.1. The van der Waals surface area contributed by atoms with E-state index in [1.54, 1.807) is 61.5 Å². The molecule has 0 atom stereocenters. The second-order valence-corrected chi connectivity index (χ2v) is 16.9. The van der Waals surface area contributed by atoms with Gasteiger partial charge in [-0.05, 0) is 64.7 Å². The summed E-state index contributed by atoms with van der Waals surface area (Å²) in [7, 11) is -6.47. The predicted molar refractivity (Wildman–Crippen MR) is 235 cm³/mol. The lowest BCUT2D eigenvalue weighted by Gasteiger charge is -2.19. The van der Waals surface area contributed by atoms with Crippen molar-refractivity contribution in [3.8, 4) is 0 Å². The van der Waals surface area contributed by atoms with Gasteiger partial charge in [-0.25, -0.2) is 4.79 Å².